The van der Waals surface area contributed by atoms with Crippen LogP contribution in [0.4, 0.5) is 0 Å². The van der Waals surface area contributed by atoms with Crippen LogP contribution in [0.25, 0.3) is 0 Å². The van der Waals surface area contributed by atoms with Crippen molar-refractivity contribution in [3.05, 3.63) is 29.8 Å². The van der Waals surface area contributed by atoms with Crippen LogP contribution in [0.3, 0.4) is 0 Å². The number of rotatable bonds is 7. The van der Waals surface area contributed by atoms with E-state index in [9.17, 15) is 13.2 Å². The molecule has 2 aromatic rings. The first-order valence-corrected chi connectivity index (χ1v) is 9.48. The molecule has 11 heteroatoms. The molecule has 0 aliphatic rings. The Hall–Kier alpha value is -1.98. The van der Waals surface area contributed by atoms with Gasteiger partial charge in [-0.05, 0) is 41.5 Å². The average Bonchev–Trinajstić information content (AvgIpc) is 2.92. The fourth-order valence-electron chi connectivity index (χ4n) is 1.85. The van der Waals surface area contributed by atoms with Gasteiger partial charge in [0.15, 0.2) is 0 Å². The molecule has 0 aliphatic heterocycles. The van der Waals surface area contributed by atoms with Gasteiger partial charge in [0.05, 0.1) is 10.1 Å². The SMILES string of the molecule is C[C@H](Sc1nnnn1C)C(=O)NCCc1ccc(S(N)(=O)=O)cc1. The van der Waals surface area contributed by atoms with Crippen molar-refractivity contribution in [3.63, 3.8) is 0 Å². The molecule has 0 unspecified atom stereocenters. The Kier molecular flexibility index (Phi) is 5.91. The molecule has 0 aliphatic carbocycles. The maximum absolute atomic E-state index is 12.1. The molecule has 1 aromatic heterocycles. The molecule has 3 N–H and O–H groups in total. The summed E-state index contributed by atoms with van der Waals surface area (Å²) in [6, 6.07) is 6.25. The average molecular weight is 370 g/mol. The third-order valence-corrected chi connectivity index (χ3v) is 5.25. The second-order valence-corrected chi connectivity index (χ2v) is 7.94. The van der Waals surface area contributed by atoms with Crippen LogP contribution in [0.5, 0.6) is 0 Å². The van der Waals surface area contributed by atoms with Gasteiger partial charge >= 0.3 is 0 Å². The lowest BCUT2D eigenvalue weighted by Gasteiger charge is -2.11. The highest BCUT2D eigenvalue weighted by Gasteiger charge is 2.17. The monoisotopic (exact) mass is 370 g/mol. The molecule has 1 amide bonds. The van der Waals surface area contributed by atoms with E-state index in [-0.39, 0.29) is 16.1 Å². The van der Waals surface area contributed by atoms with Gasteiger partial charge in [0, 0.05) is 13.6 Å². The van der Waals surface area contributed by atoms with E-state index < -0.39 is 10.0 Å². The standard InChI is InChI=1S/C13H18N6O3S2/c1-9(23-13-16-17-18-19(13)2)12(20)15-8-7-10-3-5-11(6-4-10)24(14,21)22/h3-6,9H,7-8H2,1-2H3,(H,15,20)(H2,14,21,22)/t9-/m0/s1. The molecule has 130 valence electrons. The quantitative estimate of drug-likeness (QED) is 0.639. The summed E-state index contributed by atoms with van der Waals surface area (Å²) in [6.07, 6.45) is 0.583. The smallest absolute Gasteiger partial charge is 0.238 e. The van der Waals surface area contributed by atoms with Crippen molar-refractivity contribution in [3.8, 4) is 0 Å². The van der Waals surface area contributed by atoms with Gasteiger partial charge in [-0.2, -0.15) is 0 Å². The van der Waals surface area contributed by atoms with E-state index in [4.69, 9.17) is 5.14 Å². The Bertz CT molecular complexity index is 803. The summed E-state index contributed by atoms with van der Waals surface area (Å²) in [5.74, 6) is -0.121. The number of tetrazole rings is 1. The highest BCUT2D eigenvalue weighted by molar-refractivity contribution is 8.00. The minimum Gasteiger partial charge on any atom is -0.355 e. The van der Waals surface area contributed by atoms with E-state index in [0.717, 1.165) is 5.56 Å². The molecule has 24 heavy (non-hydrogen) atoms. The summed E-state index contributed by atoms with van der Waals surface area (Å²) in [5, 5.41) is 19.1. The van der Waals surface area contributed by atoms with Crippen molar-refractivity contribution in [2.75, 3.05) is 6.54 Å². The van der Waals surface area contributed by atoms with Gasteiger partial charge in [0.25, 0.3) is 0 Å². The van der Waals surface area contributed by atoms with Crippen molar-refractivity contribution in [1.82, 2.24) is 25.5 Å². The number of thioether (sulfide) groups is 1. The zero-order valence-electron chi connectivity index (χ0n) is 13.2. The maximum Gasteiger partial charge on any atom is 0.238 e. The van der Waals surface area contributed by atoms with Crippen molar-refractivity contribution in [1.29, 1.82) is 0 Å². The number of amides is 1. The van der Waals surface area contributed by atoms with Crippen molar-refractivity contribution >= 4 is 27.7 Å². The number of aromatic nitrogens is 4. The fourth-order valence-corrected chi connectivity index (χ4v) is 3.15. The molecule has 1 aromatic carbocycles. The summed E-state index contributed by atoms with van der Waals surface area (Å²) in [4.78, 5) is 12.1. The molecule has 0 saturated carbocycles. The van der Waals surface area contributed by atoms with Gasteiger partial charge in [-0.1, -0.05) is 23.9 Å². The van der Waals surface area contributed by atoms with Gasteiger partial charge in [-0.15, -0.1) is 5.10 Å². The highest BCUT2D eigenvalue weighted by atomic mass is 32.2. The number of benzene rings is 1. The van der Waals surface area contributed by atoms with Gasteiger partial charge in [0.1, 0.15) is 0 Å². The van der Waals surface area contributed by atoms with Crippen LogP contribution in [0.15, 0.2) is 34.3 Å². The van der Waals surface area contributed by atoms with E-state index >= 15 is 0 Å². The normalized spacial score (nSPS) is 12.8. The number of sulfonamides is 1. The predicted octanol–water partition coefficient (Wildman–Crippen LogP) is -0.303. The van der Waals surface area contributed by atoms with Crippen molar-refractivity contribution < 1.29 is 13.2 Å². The minimum absolute atomic E-state index is 0.0672. The first-order valence-electron chi connectivity index (χ1n) is 7.06. The number of carbonyl (C=O) groups is 1. The van der Waals surface area contributed by atoms with E-state index in [0.29, 0.717) is 18.1 Å². The Balaban J connectivity index is 1.81. The lowest BCUT2D eigenvalue weighted by atomic mass is 10.1. The van der Waals surface area contributed by atoms with Crippen molar-refractivity contribution in [2.24, 2.45) is 12.2 Å². The van der Waals surface area contributed by atoms with Gasteiger partial charge < -0.3 is 5.32 Å². The number of primary sulfonamides is 1. The number of nitrogens with two attached hydrogens (primary N) is 1. The third-order valence-electron chi connectivity index (χ3n) is 3.20. The molecule has 0 bridgehead atoms. The molecular formula is C13H18N6O3S2. The first-order chi connectivity index (χ1) is 11.3. The van der Waals surface area contributed by atoms with Crippen LogP contribution in [-0.4, -0.2) is 46.3 Å². The van der Waals surface area contributed by atoms with Gasteiger partial charge in [-0.3, -0.25) is 4.79 Å². The van der Waals surface area contributed by atoms with Gasteiger partial charge in [-0.25, -0.2) is 18.2 Å². The number of nitrogens with one attached hydrogen (secondary N) is 1. The van der Waals surface area contributed by atoms with Crippen molar-refractivity contribution in [2.45, 2.75) is 28.6 Å². The zero-order valence-corrected chi connectivity index (χ0v) is 14.8. The molecule has 1 heterocycles. The second kappa shape index (κ2) is 7.73. The lowest BCUT2D eigenvalue weighted by Crippen LogP contribution is -2.32. The molecule has 1 atom stereocenters. The molecule has 0 saturated heterocycles. The molecule has 0 spiro atoms. The predicted molar refractivity (Wildman–Crippen MR) is 88.6 cm³/mol. The molecule has 2 rings (SSSR count). The number of hydrogen-bond acceptors (Lipinski definition) is 7. The third kappa shape index (κ3) is 5.01. The zero-order chi connectivity index (χ0) is 17.7. The van der Waals surface area contributed by atoms with Crippen LogP contribution in [-0.2, 0) is 28.3 Å². The fraction of sp³-hybridized carbons (Fsp3) is 0.385. The Morgan fingerprint density at radius 1 is 1.38 bits per heavy atom. The van der Waals surface area contributed by atoms with E-state index in [1.54, 1.807) is 26.1 Å². The first kappa shape index (κ1) is 18.4. The maximum atomic E-state index is 12.1. The second-order valence-electron chi connectivity index (χ2n) is 5.08. The Labute approximate surface area is 144 Å². The highest BCUT2D eigenvalue weighted by Crippen LogP contribution is 2.19. The summed E-state index contributed by atoms with van der Waals surface area (Å²) in [5.41, 5.74) is 0.903. The number of carbonyl (C=O) groups excluding carboxylic acids is 1. The molecule has 9 nitrogen and oxygen atoms in total. The Morgan fingerprint density at radius 2 is 2.04 bits per heavy atom. The van der Waals surface area contributed by atoms with Gasteiger partial charge in [0.2, 0.25) is 21.1 Å². The summed E-state index contributed by atoms with van der Waals surface area (Å²) in [7, 11) is -1.98. The number of nitrogens with zero attached hydrogens (tertiary/aromatic N) is 4. The van der Waals surface area contributed by atoms with Crippen LogP contribution in [0.2, 0.25) is 0 Å². The van der Waals surface area contributed by atoms with E-state index in [2.05, 4.69) is 20.8 Å². The summed E-state index contributed by atoms with van der Waals surface area (Å²) in [6.45, 7) is 2.21. The topological polar surface area (TPSA) is 133 Å². The Morgan fingerprint density at radius 3 is 2.58 bits per heavy atom. The lowest BCUT2D eigenvalue weighted by molar-refractivity contribution is -0.120. The molecule has 0 fully saturated rings. The van der Waals surface area contributed by atoms with E-state index in [1.807, 2.05) is 0 Å². The molecular weight excluding hydrogens is 352 g/mol. The van der Waals surface area contributed by atoms with Crippen LogP contribution in [0, 0.1) is 0 Å². The summed E-state index contributed by atoms with van der Waals surface area (Å²) >= 11 is 1.27. The number of aryl methyl sites for hydroxylation is 1. The van der Waals surface area contributed by atoms with Crippen LogP contribution in [0.1, 0.15) is 12.5 Å². The van der Waals surface area contributed by atoms with Crippen LogP contribution >= 0.6 is 11.8 Å². The molecule has 0 radical (unpaired) electrons. The van der Waals surface area contributed by atoms with E-state index in [1.165, 1.54) is 28.6 Å². The summed E-state index contributed by atoms with van der Waals surface area (Å²) < 4.78 is 23.9. The van der Waals surface area contributed by atoms with Crippen LogP contribution < -0.4 is 10.5 Å². The minimum atomic E-state index is -3.68. The largest absolute Gasteiger partial charge is 0.355 e. The number of hydrogen-bond donors (Lipinski definition) is 2.